The predicted octanol–water partition coefficient (Wildman–Crippen LogP) is 4.13. The summed E-state index contributed by atoms with van der Waals surface area (Å²) >= 11 is 5.66. The second-order valence-corrected chi connectivity index (χ2v) is 4.45. The molecule has 0 aromatic heterocycles. The zero-order chi connectivity index (χ0) is 14.5. The van der Waals surface area contributed by atoms with E-state index in [9.17, 15) is 9.18 Å². The Kier molecular flexibility index (Phi) is 4.58. The number of rotatable bonds is 4. The van der Waals surface area contributed by atoms with Gasteiger partial charge in [0.2, 0.25) is 0 Å². The molecule has 0 bridgehead atoms. The van der Waals surface area contributed by atoms with Crippen LogP contribution >= 0.6 is 11.6 Å². The van der Waals surface area contributed by atoms with Crippen LogP contribution in [0.3, 0.4) is 0 Å². The van der Waals surface area contributed by atoms with Crippen LogP contribution in [0.2, 0.25) is 5.02 Å². The summed E-state index contributed by atoms with van der Waals surface area (Å²) < 4.78 is 18.3. The minimum Gasteiger partial charge on any atom is -0.494 e. The molecule has 0 unspecified atom stereocenters. The van der Waals surface area contributed by atoms with E-state index in [1.54, 1.807) is 24.3 Å². The first-order valence-electron chi connectivity index (χ1n) is 6.09. The minimum atomic E-state index is -0.522. The van der Waals surface area contributed by atoms with Gasteiger partial charge >= 0.3 is 0 Å². The van der Waals surface area contributed by atoms with Crippen LogP contribution < -0.4 is 10.1 Å². The highest BCUT2D eigenvalue weighted by Gasteiger charge is 2.08. The molecule has 0 fully saturated rings. The SMILES string of the molecule is CCOc1ccc(C(=O)Nc2ccc(F)c(Cl)c2)cc1. The van der Waals surface area contributed by atoms with E-state index < -0.39 is 5.82 Å². The number of hydrogen-bond donors (Lipinski definition) is 1. The van der Waals surface area contributed by atoms with E-state index in [0.29, 0.717) is 23.6 Å². The van der Waals surface area contributed by atoms with Gasteiger partial charge < -0.3 is 10.1 Å². The number of benzene rings is 2. The molecule has 0 spiro atoms. The summed E-state index contributed by atoms with van der Waals surface area (Å²) in [5.74, 6) is -0.115. The largest absolute Gasteiger partial charge is 0.494 e. The van der Waals surface area contributed by atoms with Crippen LogP contribution in [0, 0.1) is 5.82 Å². The second kappa shape index (κ2) is 6.39. The molecule has 2 aromatic carbocycles. The lowest BCUT2D eigenvalue weighted by atomic mass is 10.2. The summed E-state index contributed by atoms with van der Waals surface area (Å²) in [4.78, 5) is 12.0. The maximum absolute atomic E-state index is 13.0. The monoisotopic (exact) mass is 293 g/mol. The van der Waals surface area contributed by atoms with Crippen molar-refractivity contribution in [3.63, 3.8) is 0 Å². The first kappa shape index (κ1) is 14.3. The lowest BCUT2D eigenvalue weighted by molar-refractivity contribution is 0.102. The average Bonchev–Trinajstić information content (AvgIpc) is 2.44. The predicted molar refractivity (Wildman–Crippen MR) is 77.0 cm³/mol. The van der Waals surface area contributed by atoms with Crippen molar-refractivity contribution in [2.45, 2.75) is 6.92 Å². The van der Waals surface area contributed by atoms with E-state index in [0.717, 1.165) is 0 Å². The molecule has 0 heterocycles. The van der Waals surface area contributed by atoms with Gasteiger partial charge in [-0.1, -0.05) is 11.6 Å². The normalized spacial score (nSPS) is 10.2. The molecule has 20 heavy (non-hydrogen) atoms. The zero-order valence-electron chi connectivity index (χ0n) is 10.8. The second-order valence-electron chi connectivity index (χ2n) is 4.04. The molecule has 0 saturated heterocycles. The van der Waals surface area contributed by atoms with Gasteiger partial charge in [0.25, 0.3) is 5.91 Å². The molecule has 0 atom stereocenters. The molecular weight excluding hydrogens is 281 g/mol. The highest BCUT2D eigenvalue weighted by atomic mass is 35.5. The summed E-state index contributed by atoms with van der Waals surface area (Å²) in [6.07, 6.45) is 0. The molecule has 0 aliphatic rings. The van der Waals surface area contributed by atoms with Crippen molar-refractivity contribution in [2.24, 2.45) is 0 Å². The highest BCUT2D eigenvalue weighted by Crippen LogP contribution is 2.20. The fraction of sp³-hybridized carbons (Fsp3) is 0.133. The maximum atomic E-state index is 13.0. The third-order valence-electron chi connectivity index (χ3n) is 2.60. The number of carbonyl (C=O) groups is 1. The van der Waals surface area contributed by atoms with Crippen LogP contribution in [-0.2, 0) is 0 Å². The first-order chi connectivity index (χ1) is 9.60. The molecule has 0 aliphatic heterocycles. The molecule has 0 radical (unpaired) electrons. The Morgan fingerprint density at radius 3 is 2.55 bits per heavy atom. The summed E-state index contributed by atoms with van der Waals surface area (Å²) in [6, 6.07) is 10.8. The van der Waals surface area contributed by atoms with Gasteiger partial charge in [0.15, 0.2) is 0 Å². The number of hydrogen-bond acceptors (Lipinski definition) is 2. The van der Waals surface area contributed by atoms with Crippen LogP contribution in [0.15, 0.2) is 42.5 Å². The molecule has 0 saturated carbocycles. The van der Waals surface area contributed by atoms with Crippen molar-refractivity contribution in [3.8, 4) is 5.75 Å². The van der Waals surface area contributed by atoms with Gasteiger partial charge in [0.05, 0.1) is 11.6 Å². The number of amides is 1. The first-order valence-corrected chi connectivity index (χ1v) is 6.47. The topological polar surface area (TPSA) is 38.3 Å². The van der Waals surface area contributed by atoms with Gasteiger partial charge in [0, 0.05) is 11.3 Å². The Hall–Kier alpha value is -2.07. The molecule has 5 heteroatoms. The van der Waals surface area contributed by atoms with E-state index >= 15 is 0 Å². The molecule has 104 valence electrons. The fourth-order valence-corrected chi connectivity index (χ4v) is 1.83. The van der Waals surface area contributed by atoms with Gasteiger partial charge in [-0.15, -0.1) is 0 Å². The van der Waals surface area contributed by atoms with Gasteiger partial charge in [0.1, 0.15) is 11.6 Å². The van der Waals surface area contributed by atoms with Crippen LogP contribution in [-0.4, -0.2) is 12.5 Å². The standard InChI is InChI=1S/C15H13ClFNO2/c1-2-20-12-6-3-10(4-7-12)15(19)18-11-5-8-14(17)13(16)9-11/h3-9H,2H2,1H3,(H,18,19). The number of nitrogens with one attached hydrogen (secondary N) is 1. The Bertz CT molecular complexity index is 614. The van der Waals surface area contributed by atoms with Crippen LogP contribution in [0.5, 0.6) is 5.75 Å². The number of ether oxygens (including phenoxy) is 1. The number of anilines is 1. The number of halogens is 2. The van der Waals surface area contributed by atoms with E-state index in [4.69, 9.17) is 16.3 Å². The van der Waals surface area contributed by atoms with E-state index in [-0.39, 0.29) is 10.9 Å². The highest BCUT2D eigenvalue weighted by molar-refractivity contribution is 6.31. The van der Waals surface area contributed by atoms with Gasteiger partial charge in [-0.05, 0) is 49.4 Å². The third kappa shape index (κ3) is 3.48. The van der Waals surface area contributed by atoms with Gasteiger partial charge in [-0.2, -0.15) is 0 Å². The molecule has 2 aromatic rings. The average molecular weight is 294 g/mol. The molecule has 1 amide bonds. The van der Waals surface area contributed by atoms with E-state index in [1.165, 1.54) is 18.2 Å². The van der Waals surface area contributed by atoms with Crippen molar-refractivity contribution in [1.82, 2.24) is 0 Å². The van der Waals surface area contributed by atoms with Crippen molar-refractivity contribution >= 4 is 23.2 Å². The van der Waals surface area contributed by atoms with Crippen LogP contribution in [0.25, 0.3) is 0 Å². The van der Waals surface area contributed by atoms with Crippen molar-refractivity contribution < 1.29 is 13.9 Å². The van der Waals surface area contributed by atoms with Crippen molar-refractivity contribution in [1.29, 1.82) is 0 Å². The Morgan fingerprint density at radius 1 is 1.25 bits per heavy atom. The number of carbonyl (C=O) groups excluding carboxylic acids is 1. The van der Waals surface area contributed by atoms with Gasteiger partial charge in [-0.25, -0.2) is 4.39 Å². The third-order valence-corrected chi connectivity index (χ3v) is 2.89. The van der Waals surface area contributed by atoms with E-state index in [1.807, 2.05) is 6.92 Å². The lowest BCUT2D eigenvalue weighted by Crippen LogP contribution is -2.11. The van der Waals surface area contributed by atoms with Crippen LogP contribution in [0.1, 0.15) is 17.3 Å². The van der Waals surface area contributed by atoms with Crippen molar-refractivity contribution in [2.75, 3.05) is 11.9 Å². The smallest absolute Gasteiger partial charge is 0.255 e. The summed E-state index contributed by atoms with van der Waals surface area (Å²) in [6.45, 7) is 2.46. The van der Waals surface area contributed by atoms with Crippen molar-refractivity contribution in [3.05, 3.63) is 58.9 Å². The molecule has 3 nitrogen and oxygen atoms in total. The summed E-state index contributed by atoms with van der Waals surface area (Å²) in [7, 11) is 0. The minimum absolute atomic E-state index is 0.0329. The maximum Gasteiger partial charge on any atom is 0.255 e. The molecule has 1 N–H and O–H groups in total. The van der Waals surface area contributed by atoms with E-state index in [2.05, 4.69) is 5.32 Å². The Labute approximate surface area is 121 Å². The Morgan fingerprint density at radius 2 is 1.95 bits per heavy atom. The fourth-order valence-electron chi connectivity index (χ4n) is 1.65. The lowest BCUT2D eigenvalue weighted by Gasteiger charge is -2.07. The summed E-state index contributed by atoms with van der Waals surface area (Å²) in [5, 5.41) is 2.61. The Balaban J connectivity index is 2.09. The van der Waals surface area contributed by atoms with Crippen LogP contribution in [0.4, 0.5) is 10.1 Å². The van der Waals surface area contributed by atoms with Gasteiger partial charge in [-0.3, -0.25) is 4.79 Å². The molecular formula is C15H13ClFNO2. The summed E-state index contributed by atoms with van der Waals surface area (Å²) in [5.41, 5.74) is 0.921. The molecule has 2 rings (SSSR count). The quantitative estimate of drug-likeness (QED) is 0.920. The zero-order valence-corrected chi connectivity index (χ0v) is 11.6. The molecule has 0 aliphatic carbocycles.